The third-order valence-electron chi connectivity index (χ3n) is 4.78. The Morgan fingerprint density at radius 3 is 2.58 bits per heavy atom. The lowest BCUT2D eigenvalue weighted by molar-refractivity contribution is -0.132. The van der Waals surface area contributed by atoms with E-state index < -0.39 is 0 Å². The number of carbonyl (C=O) groups is 1. The number of halogens is 1. The molecule has 0 aliphatic carbocycles. The van der Waals surface area contributed by atoms with Crippen molar-refractivity contribution in [2.75, 3.05) is 13.1 Å². The highest BCUT2D eigenvalue weighted by molar-refractivity contribution is 5.85. The van der Waals surface area contributed by atoms with Crippen LogP contribution in [-0.4, -0.2) is 36.0 Å². The quantitative estimate of drug-likeness (QED) is 0.863. The van der Waals surface area contributed by atoms with Gasteiger partial charge in [-0.15, -0.1) is 12.4 Å². The van der Waals surface area contributed by atoms with Crippen LogP contribution in [0.4, 0.5) is 0 Å². The molecule has 2 heterocycles. The molecule has 2 aliphatic rings. The number of nitrogens with one attached hydrogen (secondary N) is 1. The Bertz CT molecular complexity index is 296. The number of rotatable bonds is 4. The van der Waals surface area contributed by atoms with Crippen molar-refractivity contribution < 1.29 is 4.79 Å². The first kappa shape index (κ1) is 16.8. The van der Waals surface area contributed by atoms with Gasteiger partial charge in [0.25, 0.3) is 0 Å². The van der Waals surface area contributed by atoms with Crippen molar-refractivity contribution in [3.05, 3.63) is 0 Å². The molecule has 0 aromatic rings. The minimum atomic E-state index is 0. The first-order valence-electron chi connectivity index (χ1n) is 7.64. The first-order valence-corrected chi connectivity index (χ1v) is 7.64. The van der Waals surface area contributed by atoms with Gasteiger partial charge in [-0.05, 0) is 31.1 Å². The SMILES string of the molecule is CCC(CC(=O)N1CCC2CCC(C1)N2)C(C)C.Cl. The number of hydrogen-bond donors (Lipinski definition) is 1. The summed E-state index contributed by atoms with van der Waals surface area (Å²) in [5, 5.41) is 3.63. The van der Waals surface area contributed by atoms with Crippen LogP contribution in [-0.2, 0) is 4.79 Å². The molecular formula is C15H29ClN2O. The summed E-state index contributed by atoms with van der Waals surface area (Å²) >= 11 is 0. The first-order chi connectivity index (χ1) is 8.60. The summed E-state index contributed by atoms with van der Waals surface area (Å²) in [6, 6.07) is 1.22. The van der Waals surface area contributed by atoms with Crippen molar-refractivity contribution >= 4 is 18.3 Å². The molecule has 0 spiro atoms. The van der Waals surface area contributed by atoms with Crippen LogP contribution >= 0.6 is 12.4 Å². The van der Waals surface area contributed by atoms with Gasteiger partial charge in [0.05, 0.1) is 0 Å². The molecule has 4 heteroatoms. The predicted octanol–water partition coefficient (Wildman–Crippen LogP) is 2.83. The molecule has 2 bridgehead atoms. The molecule has 1 amide bonds. The van der Waals surface area contributed by atoms with Crippen molar-refractivity contribution in [3.8, 4) is 0 Å². The Hall–Kier alpha value is -0.280. The second kappa shape index (κ2) is 7.49. The van der Waals surface area contributed by atoms with Crippen molar-refractivity contribution in [2.45, 2.75) is 65.0 Å². The van der Waals surface area contributed by atoms with Gasteiger partial charge in [-0.3, -0.25) is 4.79 Å². The smallest absolute Gasteiger partial charge is 0.222 e. The summed E-state index contributed by atoms with van der Waals surface area (Å²) in [5.41, 5.74) is 0. The maximum atomic E-state index is 12.4. The Morgan fingerprint density at radius 2 is 1.95 bits per heavy atom. The van der Waals surface area contributed by atoms with Gasteiger partial charge in [-0.2, -0.15) is 0 Å². The molecular weight excluding hydrogens is 260 g/mol. The molecule has 2 fully saturated rings. The fraction of sp³-hybridized carbons (Fsp3) is 0.933. The molecule has 3 atom stereocenters. The van der Waals surface area contributed by atoms with Crippen LogP contribution in [0.5, 0.6) is 0 Å². The number of hydrogen-bond acceptors (Lipinski definition) is 2. The zero-order valence-corrected chi connectivity index (χ0v) is 13.3. The fourth-order valence-electron chi connectivity index (χ4n) is 3.37. The van der Waals surface area contributed by atoms with Crippen molar-refractivity contribution in [1.29, 1.82) is 0 Å². The highest BCUT2D eigenvalue weighted by Gasteiger charge is 2.31. The highest BCUT2D eigenvalue weighted by atomic mass is 35.5. The number of amides is 1. The number of likely N-dealkylation sites (tertiary alicyclic amines) is 1. The van der Waals surface area contributed by atoms with Crippen LogP contribution in [0, 0.1) is 11.8 Å². The average molecular weight is 289 g/mol. The second-order valence-corrected chi connectivity index (χ2v) is 6.38. The standard InChI is InChI=1S/C15H28N2O.ClH/c1-4-12(11(2)3)9-15(18)17-8-7-13-5-6-14(10-17)16-13;/h11-14,16H,4-10H2,1-3H3;1H. The molecule has 3 nitrogen and oxygen atoms in total. The summed E-state index contributed by atoms with van der Waals surface area (Å²) in [6.07, 6.45) is 5.54. The molecule has 3 unspecified atom stereocenters. The van der Waals surface area contributed by atoms with E-state index in [9.17, 15) is 4.79 Å². The van der Waals surface area contributed by atoms with Crippen molar-refractivity contribution in [1.82, 2.24) is 10.2 Å². The number of carbonyl (C=O) groups excluding carboxylic acids is 1. The average Bonchev–Trinajstić information content (AvgIpc) is 2.65. The van der Waals surface area contributed by atoms with Crippen LogP contribution in [0.2, 0.25) is 0 Å². The Morgan fingerprint density at radius 1 is 1.26 bits per heavy atom. The monoisotopic (exact) mass is 288 g/mol. The topological polar surface area (TPSA) is 32.3 Å². The van der Waals surface area contributed by atoms with E-state index in [-0.39, 0.29) is 12.4 Å². The van der Waals surface area contributed by atoms with E-state index in [1.807, 2.05) is 0 Å². The minimum absolute atomic E-state index is 0. The number of fused-ring (bicyclic) bond motifs is 2. The summed E-state index contributed by atoms with van der Waals surface area (Å²) in [4.78, 5) is 14.5. The lowest BCUT2D eigenvalue weighted by atomic mass is 9.89. The van der Waals surface area contributed by atoms with E-state index in [1.54, 1.807) is 0 Å². The molecule has 0 aromatic heterocycles. The summed E-state index contributed by atoms with van der Waals surface area (Å²) in [6.45, 7) is 8.55. The summed E-state index contributed by atoms with van der Waals surface area (Å²) in [5.74, 6) is 1.54. The largest absolute Gasteiger partial charge is 0.341 e. The van der Waals surface area contributed by atoms with Gasteiger partial charge >= 0.3 is 0 Å². The summed E-state index contributed by atoms with van der Waals surface area (Å²) < 4.78 is 0. The van der Waals surface area contributed by atoms with Crippen LogP contribution in [0.3, 0.4) is 0 Å². The fourth-order valence-corrected chi connectivity index (χ4v) is 3.37. The van der Waals surface area contributed by atoms with E-state index in [1.165, 1.54) is 12.8 Å². The molecule has 2 rings (SSSR count). The number of nitrogens with zero attached hydrogens (tertiary/aromatic N) is 1. The molecule has 0 saturated carbocycles. The summed E-state index contributed by atoms with van der Waals surface area (Å²) in [7, 11) is 0. The van der Waals surface area contributed by atoms with Gasteiger partial charge < -0.3 is 10.2 Å². The minimum Gasteiger partial charge on any atom is -0.341 e. The Balaban J connectivity index is 0.00000180. The zero-order valence-electron chi connectivity index (χ0n) is 12.5. The molecule has 0 aromatic carbocycles. The van der Waals surface area contributed by atoms with Crippen LogP contribution in [0.15, 0.2) is 0 Å². The van der Waals surface area contributed by atoms with Gasteiger partial charge in [-0.1, -0.05) is 27.2 Å². The Kier molecular flexibility index (Phi) is 6.61. The maximum absolute atomic E-state index is 12.4. The van der Waals surface area contributed by atoms with E-state index >= 15 is 0 Å². The van der Waals surface area contributed by atoms with Gasteiger partial charge in [0.2, 0.25) is 5.91 Å². The van der Waals surface area contributed by atoms with Gasteiger partial charge in [-0.25, -0.2) is 0 Å². The molecule has 0 radical (unpaired) electrons. The predicted molar refractivity (Wildman–Crippen MR) is 81.6 cm³/mol. The van der Waals surface area contributed by atoms with Gasteiger partial charge in [0, 0.05) is 31.6 Å². The van der Waals surface area contributed by atoms with Crippen molar-refractivity contribution in [2.24, 2.45) is 11.8 Å². The second-order valence-electron chi connectivity index (χ2n) is 6.38. The van der Waals surface area contributed by atoms with Crippen LogP contribution in [0.25, 0.3) is 0 Å². The van der Waals surface area contributed by atoms with E-state index in [0.717, 1.165) is 32.4 Å². The third-order valence-corrected chi connectivity index (χ3v) is 4.78. The highest BCUT2D eigenvalue weighted by Crippen LogP contribution is 2.24. The molecule has 2 aliphatic heterocycles. The third kappa shape index (κ3) is 4.35. The van der Waals surface area contributed by atoms with Crippen LogP contribution < -0.4 is 5.32 Å². The van der Waals surface area contributed by atoms with E-state index in [4.69, 9.17) is 0 Å². The van der Waals surface area contributed by atoms with Gasteiger partial charge in [0.1, 0.15) is 0 Å². The normalized spacial score (nSPS) is 27.9. The van der Waals surface area contributed by atoms with Gasteiger partial charge in [0.15, 0.2) is 0 Å². The van der Waals surface area contributed by atoms with Crippen molar-refractivity contribution in [3.63, 3.8) is 0 Å². The Labute approximate surface area is 123 Å². The molecule has 19 heavy (non-hydrogen) atoms. The molecule has 2 saturated heterocycles. The zero-order chi connectivity index (χ0) is 13.1. The van der Waals surface area contributed by atoms with E-state index in [0.29, 0.717) is 29.8 Å². The lowest BCUT2D eigenvalue weighted by Gasteiger charge is -2.27. The van der Waals surface area contributed by atoms with E-state index in [2.05, 4.69) is 31.0 Å². The molecule has 112 valence electrons. The molecule has 1 N–H and O–H groups in total. The lowest BCUT2D eigenvalue weighted by Crippen LogP contribution is -2.40. The maximum Gasteiger partial charge on any atom is 0.222 e. The van der Waals surface area contributed by atoms with Crippen LogP contribution in [0.1, 0.15) is 52.9 Å².